The Morgan fingerprint density at radius 2 is 2.10 bits per heavy atom. The quantitative estimate of drug-likeness (QED) is 0.544. The van der Waals surface area contributed by atoms with Crippen molar-refractivity contribution in [1.82, 2.24) is 4.90 Å². The maximum atomic E-state index is 11.0. The monoisotopic (exact) mass is 141 g/mol. The van der Waals surface area contributed by atoms with E-state index in [1.165, 1.54) is 6.42 Å². The number of carbonyl (C=O) groups excluding carboxylic acids is 1. The minimum Gasteiger partial charge on any atom is -0.298 e. The molecule has 0 N–H and O–H groups in total. The van der Waals surface area contributed by atoms with Crippen LogP contribution in [0.15, 0.2) is 0 Å². The minimum atomic E-state index is 0.204. The van der Waals surface area contributed by atoms with Crippen molar-refractivity contribution in [2.24, 2.45) is 0 Å². The highest BCUT2D eigenvalue weighted by molar-refractivity contribution is 5.81. The van der Waals surface area contributed by atoms with Crippen LogP contribution in [0.5, 0.6) is 0 Å². The van der Waals surface area contributed by atoms with Crippen LogP contribution in [0.4, 0.5) is 0 Å². The molecule has 1 rings (SSSR count). The fourth-order valence-corrected chi connectivity index (χ4v) is 1.60. The zero-order valence-electron chi connectivity index (χ0n) is 6.92. The largest absolute Gasteiger partial charge is 0.298 e. The van der Waals surface area contributed by atoms with Crippen LogP contribution in [0.2, 0.25) is 0 Å². The molecule has 1 aliphatic rings. The van der Waals surface area contributed by atoms with E-state index in [9.17, 15) is 4.79 Å². The first-order chi connectivity index (χ1) is 4.63. The highest BCUT2D eigenvalue weighted by Crippen LogP contribution is 2.21. The third-order valence-corrected chi connectivity index (χ3v) is 2.51. The van der Waals surface area contributed by atoms with Crippen molar-refractivity contribution in [3.63, 3.8) is 0 Å². The van der Waals surface area contributed by atoms with Gasteiger partial charge in [-0.2, -0.15) is 0 Å². The lowest BCUT2D eigenvalue weighted by Crippen LogP contribution is -2.34. The number of nitrogens with zero attached hydrogens (tertiary/aromatic N) is 1. The summed E-state index contributed by atoms with van der Waals surface area (Å²) in [6, 6.07) is 0.795. The van der Waals surface area contributed by atoms with Crippen LogP contribution in [0.3, 0.4) is 0 Å². The van der Waals surface area contributed by atoms with E-state index in [4.69, 9.17) is 0 Å². The average Bonchev–Trinajstić information content (AvgIpc) is 2.14. The summed E-state index contributed by atoms with van der Waals surface area (Å²) in [6.45, 7) is 3.85. The summed E-state index contributed by atoms with van der Waals surface area (Å²) in [5.41, 5.74) is 0. The third kappa shape index (κ3) is 1.21. The van der Waals surface area contributed by atoms with Crippen LogP contribution in [0, 0.1) is 0 Å². The molecule has 0 aromatic rings. The summed E-state index contributed by atoms with van der Waals surface area (Å²) in [5.74, 6) is 0.312. The fraction of sp³-hybridized carbons (Fsp3) is 0.875. The van der Waals surface area contributed by atoms with Crippen LogP contribution in [0.1, 0.15) is 26.7 Å². The highest BCUT2D eigenvalue weighted by Gasteiger charge is 2.29. The Bertz CT molecular complexity index is 144. The van der Waals surface area contributed by atoms with Crippen LogP contribution >= 0.6 is 0 Å². The Morgan fingerprint density at radius 1 is 1.50 bits per heavy atom. The Kier molecular flexibility index (Phi) is 2.09. The predicted octanol–water partition coefficient (Wildman–Crippen LogP) is 1.06. The molecule has 2 atom stereocenters. The third-order valence-electron chi connectivity index (χ3n) is 2.51. The van der Waals surface area contributed by atoms with Crippen molar-refractivity contribution in [3.8, 4) is 0 Å². The molecule has 0 aliphatic carbocycles. The summed E-state index contributed by atoms with van der Waals surface area (Å²) in [5, 5.41) is 0. The molecule has 1 saturated heterocycles. The lowest BCUT2D eigenvalue weighted by Gasteiger charge is -2.20. The van der Waals surface area contributed by atoms with Gasteiger partial charge in [-0.05, 0) is 33.7 Å². The van der Waals surface area contributed by atoms with Gasteiger partial charge in [0.2, 0.25) is 0 Å². The molecule has 1 aliphatic heterocycles. The molecule has 0 aromatic carbocycles. The van der Waals surface area contributed by atoms with Gasteiger partial charge in [-0.15, -0.1) is 0 Å². The predicted molar refractivity (Wildman–Crippen MR) is 40.9 cm³/mol. The molecule has 1 fully saturated rings. The zero-order valence-corrected chi connectivity index (χ0v) is 6.92. The Hall–Kier alpha value is -0.370. The SMILES string of the molecule is CC(=O)[C@@H]1CC[C@H](C)N1C. The zero-order chi connectivity index (χ0) is 7.72. The van der Waals surface area contributed by atoms with Gasteiger partial charge in [0.15, 0.2) is 0 Å². The molecular weight excluding hydrogens is 126 g/mol. The van der Waals surface area contributed by atoms with Crippen LogP contribution < -0.4 is 0 Å². The summed E-state index contributed by atoms with van der Waals surface area (Å²) in [7, 11) is 2.03. The molecule has 1 heterocycles. The standard InChI is InChI=1S/C8H15NO/c1-6-4-5-8(7(2)10)9(6)3/h6,8H,4-5H2,1-3H3/t6-,8-/m0/s1. The van der Waals surface area contributed by atoms with E-state index in [1.807, 2.05) is 7.05 Å². The summed E-state index contributed by atoms with van der Waals surface area (Å²) in [6.07, 6.45) is 2.22. The average molecular weight is 141 g/mol. The maximum Gasteiger partial charge on any atom is 0.146 e. The van der Waals surface area contributed by atoms with Crippen LogP contribution in [0.25, 0.3) is 0 Å². The smallest absolute Gasteiger partial charge is 0.146 e. The van der Waals surface area contributed by atoms with E-state index in [-0.39, 0.29) is 6.04 Å². The first-order valence-corrected chi connectivity index (χ1v) is 3.85. The molecule has 0 amide bonds. The Morgan fingerprint density at radius 3 is 2.30 bits per heavy atom. The first-order valence-electron chi connectivity index (χ1n) is 3.85. The molecule has 0 unspecified atom stereocenters. The molecule has 0 saturated carbocycles. The van der Waals surface area contributed by atoms with Gasteiger partial charge in [0.25, 0.3) is 0 Å². The first kappa shape index (κ1) is 7.73. The number of Topliss-reactive ketones (excluding diaryl/α,β-unsaturated/α-hetero) is 1. The van der Waals surface area contributed by atoms with Gasteiger partial charge in [0.05, 0.1) is 6.04 Å². The normalized spacial score (nSPS) is 34.7. The second-order valence-electron chi connectivity index (χ2n) is 3.22. The van der Waals surface area contributed by atoms with Gasteiger partial charge < -0.3 is 0 Å². The second-order valence-corrected chi connectivity index (χ2v) is 3.22. The number of hydrogen-bond acceptors (Lipinski definition) is 2. The summed E-state index contributed by atoms with van der Waals surface area (Å²) in [4.78, 5) is 13.1. The van der Waals surface area contributed by atoms with Crippen LogP contribution in [-0.2, 0) is 4.79 Å². The Labute approximate surface area is 62.2 Å². The number of likely N-dealkylation sites (tertiary alicyclic amines) is 1. The van der Waals surface area contributed by atoms with Gasteiger partial charge in [0.1, 0.15) is 5.78 Å². The minimum absolute atomic E-state index is 0.204. The van der Waals surface area contributed by atoms with E-state index in [2.05, 4.69) is 11.8 Å². The molecule has 2 heteroatoms. The van der Waals surface area contributed by atoms with Crippen molar-refractivity contribution in [1.29, 1.82) is 0 Å². The van der Waals surface area contributed by atoms with Gasteiger partial charge in [0, 0.05) is 6.04 Å². The highest BCUT2D eigenvalue weighted by atomic mass is 16.1. The number of likely N-dealkylation sites (N-methyl/N-ethyl adjacent to an activating group) is 1. The van der Waals surface area contributed by atoms with E-state index >= 15 is 0 Å². The molecule has 0 radical (unpaired) electrons. The lowest BCUT2D eigenvalue weighted by molar-refractivity contribution is -0.121. The molecule has 0 bridgehead atoms. The van der Waals surface area contributed by atoms with Crippen molar-refractivity contribution >= 4 is 5.78 Å². The lowest BCUT2D eigenvalue weighted by atomic mass is 10.1. The van der Waals surface area contributed by atoms with Crippen molar-refractivity contribution < 1.29 is 4.79 Å². The number of hydrogen-bond donors (Lipinski definition) is 0. The number of carbonyl (C=O) groups is 1. The van der Waals surface area contributed by atoms with Gasteiger partial charge in [-0.3, -0.25) is 9.69 Å². The van der Waals surface area contributed by atoms with Crippen molar-refractivity contribution in [2.45, 2.75) is 38.8 Å². The molecule has 10 heavy (non-hydrogen) atoms. The molecule has 0 spiro atoms. The fourth-order valence-electron chi connectivity index (χ4n) is 1.60. The summed E-state index contributed by atoms with van der Waals surface area (Å²) >= 11 is 0. The summed E-state index contributed by atoms with van der Waals surface area (Å²) < 4.78 is 0. The molecule has 2 nitrogen and oxygen atoms in total. The van der Waals surface area contributed by atoms with Gasteiger partial charge >= 0.3 is 0 Å². The number of rotatable bonds is 1. The van der Waals surface area contributed by atoms with Gasteiger partial charge in [-0.1, -0.05) is 0 Å². The van der Waals surface area contributed by atoms with Crippen LogP contribution in [-0.4, -0.2) is 29.8 Å². The number of ketones is 1. The topological polar surface area (TPSA) is 20.3 Å². The van der Waals surface area contributed by atoms with E-state index in [0.29, 0.717) is 11.8 Å². The molecule has 58 valence electrons. The van der Waals surface area contributed by atoms with E-state index in [0.717, 1.165) is 6.42 Å². The van der Waals surface area contributed by atoms with E-state index in [1.54, 1.807) is 6.92 Å². The van der Waals surface area contributed by atoms with Crippen molar-refractivity contribution in [2.75, 3.05) is 7.05 Å². The molecule has 0 aromatic heterocycles. The molecular formula is C8H15NO. The van der Waals surface area contributed by atoms with Crippen molar-refractivity contribution in [3.05, 3.63) is 0 Å². The second kappa shape index (κ2) is 2.70. The van der Waals surface area contributed by atoms with E-state index < -0.39 is 0 Å². The Balaban J connectivity index is 2.57. The van der Waals surface area contributed by atoms with Gasteiger partial charge in [-0.25, -0.2) is 0 Å². The maximum absolute atomic E-state index is 11.0.